The van der Waals surface area contributed by atoms with Crippen molar-refractivity contribution in [3.63, 3.8) is 0 Å². The van der Waals surface area contributed by atoms with Crippen LogP contribution in [0.15, 0.2) is 18.2 Å². The van der Waals surface area contributed by atoms with Gasteiger partial charge in [-0.1, -0.05) is 6.92 Å². The highest BCUT2D eigenvalue weighted by molar-refractivity contribution is 5.95. The molecule has 5 nitrogen and oxygen atoms in total. The number of benzene rings is 1. The molecule has 1 aromatic rings. The minimum atomic E-state index is -0.0206. The zero-order valence-corrected chi connectivity index (χ0v) is 15.1. The number of piperidine rings is 1. The van der Waals surface area contributed by atoms with Crippen molar-refractivity contribution in [3.8, 4) is 11.5 Å². The molecule has 2 rings (SSSR count). The molecule has 2 atom stereocenters. The molecule has 1 fully saturated rings. The van der Waals surface area contributed by atoms with Crippen molar-refractivity contribution < 1.29 is 14.3 Å². The van der Waals surface area contributed by atoms with Gasteiger partial charge in [0.05, 0.1) is 13.2 Å². The quantitative estimate of drug-likeness (QED) is 0.831. The molecule has 0 saturated carbocycles. The van der Waals surface area contributed by atoms with Crippen molar-refractivity contribution in [3.05, 3.63) is 23.8 Å². The number of nitrogens with two attached hydrogens (primary N) is 1. The zero-order chi connectivity index (χ0) is 17.5. The van der Waals surface area contributed by atoms with Crippen molar-refractivity contribution in [1.29, 1.82) is 0 Å². The Morgan fingerprint density at radius 2 is 2.08 bits per heavy atom. The van der Waals surface area contributed by atoms with Crippen LogP contribution in [0.1, 0.15) is 56.8 Å². The first-order chi connectivity index (χ1) is 11.6. The lowest BCUT2D eigenvalue weighted by Crippen LogP contribution is -2.51. The molecule has 2 unspecified atom stereocenters. The lowest BCUT2D eigenvalue weighted by atomic mass is 9.96. The maximum Gasteiger partial charge on any atom is 0.254 e. The van der Waals surface area contributed by atoms with Gasteiger partial charge in [-0.25, -0.2) is 0 Å². The fourth-order valence-electron chi connectivity index (χ4n) is 3.16. The summed E-state index contributed by atoms with van der Waals surface area (Å²) in [6.45, 7) is 7.89. The van der Waals surface area contributed by atoms with E-state index in [-0.39, 0.29) is 18.0 Å². The van der Waals surface area contributed by atoms with Crippen LogP contribution in [0.3, 0.4) is 0 Å². The predicted octanol–water partition coefficient (Wildman–Crippen LogP) is 3.22. The molecule has 0 aromatic heterocycles. The Bertz CT molecular complexity index is 545. The van der Waals surface area contributed by atoms with Crippen molar-refractivity contribution in [2.24, 2.45) is 5.73 Å². The summed E-state index contributed by atoms with van der Waals surface area (Å²) >= 11 is 0. The van der Waals surface area contributed by atoms with Crippen molar-refractivity contribution in [2.45, 2.75) is 58.5 Å². The Morgan fingerprint density at radius 3 is 2.75 bits per heavy atom. The Hall–Kier alpha value is -1.75. The van der Waals surface area contributed by atoms with Gasteiger partial charge in [-0.05, 0) is 57.7 Å². The molecular weight excluding hydrogens is 304 g/mol. The number of hydrogen-bond acceptors (Lipinski definition) is 4. The molecule has 1 heterocycles. The number of hydrogen-bond donors (Lipinski definition) is 1. The fraction of sp³-hybridized carbons (Fsp3) is 0.632. The van der Waals surface area contributed by atoms with E-state index in [0.717, 1.165) is 32.2 Å². The molecule has 0 bridgehead atoms. The highest BCUT2D eigenvalue weighted by Crippen LogP contribution is 2.30. The Balaban J connectivity index is 2.23. The summed E-state index contributed by atoms with van der Waals surface area (Å²) < 4.78 is 11.4. The second kappa shape index (κ2) is 8.92. The van der Waals surface area contributed by atoms with Gasteiger partial charge in [0.1, 0.15) is 0 Å². The van der Waals surface area contributed by atoms with Crippen molar-refractivity contribution >= 4 is 5.91 Å². The summed E-state index contributed by atoms with van der Waals surface area (Å²) in [5.41, 5.74) is 6.73. The summed E-state index contributed by atoms with van der Waals surface area (Å²) in [6.07, 6.45) is 4.06. The van der Waals surface area contributed by atoms with Gasteiger partial charge in [0.25, 0.3) is 5.91 Å². The van der Waals surface area contributed by atoms with E-state index >= 15 is 0 Å². The third-order valence-electron chi connectivity index (χ3n) is 4.37. The van der Waals surface area contributed by atoms with E-state index in [1.54, 1.807) is 6.07 Å². The van der Waals surface area contributed by atoms with Crippen LogP contribution >= 0.6 is 0 Å². The molecule has 1 saturated heterocycles. The summed E-state index contributed by atoms with van der Waals surface area (Å²) in [6, 6.07) is 5.54. The van der Waals surface area contributed by atoms with E-state index < -0.39 is 0 Å². The van der Waals surface area contributed by atoms with Gasteiger partial charge >= 0.3 is 0 Å². The molecule has 5 heteroatoms. The number of amides is 1. The average molecular weight is 334 g/mol. The van der Waals surface area contributed by atoms with Crippen LogP contribution in [-0.2, 0) is 0 Å². The number of rotatable bonds is 7. The lowest BCUT2D eigenvalue weighted by Gasteiger charge is -2.38. The van der Waals surface area contributed by atoms with Gasteiger partial charge in [0.15, 0.2) is 11.5 Å². The second-order valence-corrected chi connectivity index (χ2v) is 6.36. The number of carbonyl (C=O) groups is 1. The monoisotopic (exact) mass is 334 g/mol. The maximum absolute atomic E-state index is 13.0. The van der Waals surface area contributed by atoms with Crippen molar-refractivity contribution in [1.82, 2.24) is 4.90 Å². The van der Waals surface area contributed by atoms with Crippen LogP contribution in [0.25, 0.3) is 0 Å². The van der Waals surface area contributed by atoms with Gasteiger partial charge in [-0.3, -0.25) is 4.79 Å². The van der Waals surface area contributed by atoms with Crippen LogP contribution in [0.4, 0.5) is 0 Å². The smallest absolute Gasteiger partial charge is 0.254 e. The maximum atomic E-state index is 13.0. The molecule has 1 aliphatic rings. The molecule has 1 amide bonds. The third kappa shape index (κ3) is 4.41. The molecule has 0 radical (unpaired) electrons. The SMILES string of the molecule is CCCOc1ccc(C(=O)N2CCCCC2C(C)N)cc1OCC. The van der Waals surface area contributed by atoms with Gasteiger partial charge in [0, 0.05) is 24.2 Å². The van der Waals surface area contributed by atoms with Crippen LogP contribution in [0.5, 0.6) is 11.5 Å². The third-order valence-corrected chi connectivity index (χ3v) is 4.37. The first-order valence-electron chi connectivity index (χ1n) is 9.04. The largest absolute Gasteiger partial charge is 0.490 e. The van der Waals surface area contributed by atoms with E-state index in [4.69, 9.17) is 15.2 Å². The van der Waals surface area contributed by atoms with E-state index in [0.29, 0.717) is 30.3 Å². The first-order valence-corrected chi connectivity index (χ1v) is 9.04. The molecule has 1 aliphatic heterocycles. The molecule has 134 valence electrons. The molecule has 1 aromatic carbocycles. The van der Waals surface area contributed by atoms with E-state index in [1.807, 2.05) is 30.9 Å². The number of likely N-dealkylation sites (tertiary alicyclic amines) is 1. The molecular formula is C19H30N2O3. The van der Waals surface area contributed by atoms with Gasteiger partial charge in [-0.2, -0.15) is 0 Å². The number of nitrogens with zero attached hydrogens (tertiary/aromatic N) is 1. The van der Waals surface area contributed by atoms with E-state index in [2.05, 4.69) is 6.92 Å². The van der Waals surface area contributed by atoms with Crippen LogP contribution in [0.2, 0.25) is 0 Å². The minimum Gasteiger partial charge on any atom is -0.490 e. The zero-order valence-electron chi connectivity index (χ0n) is 15.1. The number of ether oxygens (including phenoxy) is 2. The van der Waals surface area contributed by atoms with E-state index in [9.17, 15) is 4.79 Å². The summed E-state index contributed by atoms with van der Waals surface area (Å²) in [4.78, 5) is 14.9. The Labute approximate surface area is 145 Å². The van der Waals surface area contributed by atoms with Gasteiger partial charge in [-0.15, -0.1) is 0 Å². The summed E-state index contributed by atoms with van der Waals surface area (Å²) in [7, 11) is 0. The lowest BCUT2D eigenvalue weighted by molar-refractivity contribution is 0.0583. The van der Waals surface area contributed by atoms with Gasteiger partial charge < -0.3 is 20.1 Å². The Morgan fingerprint density at radius 1 is 1.29 bits per heavy atom. The van der Waals surface area contributed by atoms with Crippen LogP contribution in [-0.4, -0.2) is 42.6 Å². The van der Waals surface area contributed by atoms with Crippen molar-refractivity contribution in [2.75, 3.05) is 19.8 Å². The molecule has 0 spiro atoms. The average Bonchev–Trinajstić information content (AvgIpc) is 2.60. The van der Waals surface area contributed by atoms with E-state index in [1.165, 1.54) is 0 Å². The Kier molecular flexibility index (Phi) is 6.91. The predicted molar refractivity (Wildman–Crippen MR) is 95.7 cm³/mol. The molecule has 0 aliphatic carbocycles. The minimum absolute atomic E-state index is 0.0206. The fourth-order valence-corrected chi connectivity index (χ4v) is 3.16. The highest BCUT2D eigenvalue weighted by atomic mass is 16.5. The molecule has 2 N–H and O–H groups in total. The number of carbonyl (C=O) groups excluding carboxylic acids is 1. The molecule has 24 heavy (non-hydrogen) atoms. The normalized spacial score (nSPS) is 19.0. The topological polar surface area (TPSA) is 64.8 Å². The van der Waals surface area contributed by atoms with Gasteiger partial charge in [0.2, 0.25) is 0 Å². The standard InChI is InChI=1S/C19H30N2O3/c1-4-12-24-17-10-9-15(13-18(17)23-5-2)19(22)21-11-7-6-8-16(21)14(3)20/h9-10,13-14,16H,4-8,11-12,20H2,1-3H3. The second-order valence-electron chi connectivity index (χ2n) is 6.36. The first kappa shape index (κ1) is 18.6. The summed E-state index contributed by atoms with van der Waals surface area (Å²) in [5.74, 6) is 1.35. The highest BCUT2D eigenvalue weighted by Gasteiger charge is 2.30. The summed E-state index contributed by atoms with van der Waals surface area (Å²) in [5, 5.41) is 0. The van der Waals surface area contributed by atoms with Crippen LogP contribution < -0.4 is 15.2 Å². The van der Waals surface area contributed by atoms with Crippen LogP contribution in [0, 0.1) is 0 Å².